The molecule has 0 spiro atoms. The number of ether oxygens (including phenoxy) is 4. The molecular weight excluding hydrogens is 392 g/mol. The molecule has 0 radical (unpaired) electrons. The van der Waals surface area contributed by atoms with E-state index in [1.54, 1.807) is 0 Å². The maximum absolute atomic E-state index is 5.99. The SMILES string of the molecule is CC(CCCc1cnc(-c2ccc(OC3CCCCO3)cc2)nc1)OC1CCCCO1. The van der Waals surface area contributed by atoms with Crippen LogP contribution in [0, 0.1) is 0 Å². The highest BCUT2D eigenvalue weighted by atomic mass is 16.7. The van der Waals surface area contributed by atoms with Gasteiger partial charge in [-0.25, -0.2) is 9.97 Å². The fraction of sp³-hybridized carbons (Fsp3) is 0.600. The van der Waals surface area contributed by atoms with Gasteiger partial charge in [0.1, 0.15) is 5.75 Å². The van der Waals surface area contributed by atoms with Crippen molar-refractivity contribution < 1.29 is 18.9 Å². The fourth-order valence-corrected chi connectivity index (χ4v) is 4.01. The number of hydrogen-bond donors (Lipinski definition) is 0. The number of rotatable bonds is 9. The topological polar surface area (TPSA) is 62.7 Å². The third-order valence-electron chi connectivity index (χ3n) is 5.82. The molecule has 0 amide bonds. The molecule has 2 aromatic rings. The molecular formula is C25H34N2O4. The van der Waals surface area contributed by atoms with Gasteiger partial charge < -0.3 is 18.9 Å². The Hall–Kier alpha value is -2.02. The molecule has 2 saturated heterocycles. The molecule has 0 aliphatic carbocycles. The lowest BCUT2D eigenvalue weighted by Crippen LogP contribution is -2.26. The molecule has 2 aliphatic rings. The standard InChI is InChI=1S/C25H34N2O4/c1-19(30-23-9-2-4-15-28-23)7-6-8-20-17-26-25(27-18-20)21-11-13-22(14-12-21)31-24-10-3-5-16-29-24/h11-14,17-19,23-24H,2-10,15-16H2,1H3. The van der Waals surface area contributed by atoms with Crippen LogP contribution in [0.4, 0.5) is 0 Å². The predicted octanol–water partition coefficient (Wildman–Crippen LogP) is 5.30. The zero-order valence-corrected chi connectivity index (χ0v) is 18.5. The van der Waals surface area contributed by atoms with Crippen molar-refractivity contribution in [2.45, 2.75) is 83.4 Å². The van der Waals surface area contributed by atoms with E-state index < -0.39 is 0 Å². The van der Waals surface area contributed by atoms with Crippen molar-refractivity contribution in [3.63, 3.8) is 0 Å². The zero-order chi connectivity index (χ0) is 21.3. The quantitative estimate of drug-likeness (QED) is 0.542. The third-order valence-corrected chi connectivity index (χ3v) is 5.82. The van der Waals surface area contributed by atoms with Crippen molar-refractivity contribution in [2.24, 2.45) is 0 Å². The van der Waals surface area contributed by atoms with Crippen LogP contribution in [-0.2, 0) is 20.6 Å². The van der Waals surface area contributed by atoms with Crippen LogP contribution in [0.25, 0.3) is 11.4 Å². The summed E-state index contributed by atoms with van der Waals surface area (Å²) >= 11 is 0. The van der Waals surface area contributed by atoms with Crippen LogP contribution in [0.3, 0.4) is 0 Å². The van der Waals surface area contributed by atoms with E-state index in [4.69, 9.17) is 18.9 Å². The molecule has 2 fully saturated rings. The summed E-state index contributed by atoms with van der Waals surface area (Å²) < 4.78 is 23.2. The molecule has 6 heteroatoms. The predicted molar refractivity (Wildman–Crippen MR) is 119 cm³/mol. The molecule has 2 aliphatic heterocycles. The smallest absolute Gasteiger partial charge is 0.199 e. The Labute approximate surface area is 185 Å². The Morgan fingerprint density at radius 3 is 2.26 bits per heavy atom. The molecule has 0 bridgehead atoms. The van der Waals surface area contributed by atoms with Crippen LogP contribution in [0.5, 0.6) is 5.75 Å². The van der Waals surface area contributed by atoms with Gasteiger partial charge >= 0.3 is 0 Å². The normalized spacial score (nSPS) is 22.7. The molecule has 3 heterocycles. The van der Waals surface area contributed by atoms with Gasteiger partial charge in [-0.2, -0.15) is 0 Å². The number of hydrogen-bond acceptors (Lipinski definition) is 6. The molecule has 0 N–H and O–H groups in total. The van der Waals surface area contributed by atoms with E-state index in [1.807, 2.05) is 36.7 Å². The average molecular weight is 427 g/mol. The van der Waals surface area contributed by atoms with Gasteiger partial charge in [-0.3, -0.25) is 0 Å². The highest BCUT2D eigenvalue weighted by Gasteiger charge is 2.17. The first-order valence-electron chi connectivity index (χ1n) is 11.7. The summed E-state index contributed by atoms with van der Waals surface area (Å²) in [5.41, 5.74) is 2.14. The molecule has 31 heavy (non-hydrogen) atoms. The lowest BCUT2D eigenvalue weighted by molar-refractivity contribution is -0.185. The summed E-state index contributed by atoms with van der Waals surface area (Å²) in [6.07, 6.45) is 13.5. The Morgan fingerprint density at radius 2 is 1.61 bits per heavy atom. The van der Waals surface area contributed by atoms with E-state index in [0.717, 1.165) is 87.3 Å². The number of benzene rings is 1. The fourth-order valence-electron chi connectivity index (χ4n) is 4.01. The van der Waals surface area contributed by atoms with Crippen molar-refractivity contribution >= 4 is 0 Å². The summed E-state index contributed by atoms with van der Waals surface area (Å²) in [6, 6.07) is 7.92. The van der Waals surface area contributed by atoms with Gasteiger partial charge in [0.2, 0.25) is 0 Å². The number of aryl methyl sites for hydroxylation is 1. The van der Waals surface area contributed by atoms with E-state index in [9.17, 15) is 0 Å². The first-order chi connectivity index (χ1) is 15.3. The lowest BCUT2D eigenvalue weighted by atomic mass is 10.1. The Bertz CT molecular complexity index is 769. The summed E-state index contributed by atoms with van der Waals surface area (Å²) in [5.74, 6) is 1.55. The van der Waals surface area contributed by atoms with Crippen molar-refractivity contribution in [1.82, 2.24) is 9.97 Å². The number of aromatic nitrogens is 2. The molecule has 1 aromatic carbocycles. The van der Waals surface area contributed by atoms with E-state index in [-0.39, 0.29) is 18.7 Å². The maximum Gasteiger partial charge on any atom is 0.199 e. The van der Waals surface area contributed by atoms with Crippen molar-refractivity contribution in [2.75, 3.05) is 13.2 Å². The molecule has 4 rings (SSSR count). The summed E-state index contributed by atoms with van der Waals surface area (Å²) in [5, 5.41) is 0. The van der Waals surface area contributed by atoms with Gasteiger partial charge in [-0.1, -0.05) is 0 Å². The van der Waals surface area contributed by atoms with Crippen LogP contribution in [0.1, 0.15) is 63.9 Å². The number of nitrogens with zero attached hydrogens (tertiary/aromatic N) is 2. The zero-order valence-electron chi connectivity index (χ0n) is 18.5. The largest absolute Gasteiger partial charge is 0.465 e. The highest BCUT2D eigenvalue weighted by molar-refractivity contribution is 5.55. The van der Waals surface area contributed by atoms with Crippen molar-refractivity contribution in [3.05, 3.63) is 42.2 Å². The van der Waals surface area contributed by atoms with E-state index in [2.05, 4.69) is 16.9 Å². The van der Waals surface area contributed by atoms with Gasteiger partial charge in [0.05, 0.1) is 12.7 Å². The molecule has 168 valence electrons. The Kier molecular flexibility index (Phi) is 8.27. The van der Waals surface area contributed by atoms with Crippen molar-refractivity contribution in [1.29, 1.82) is 0 Å². The van der Waals surface area contributed by atoms with E-state index >= 15 is 0 Å². The first-order valence-corrected chi connectivity index (χ1v) is 11.7. The van der Waals surface area contributed by atoms with Crippen LogP contribution >= 0.6 is 0 Å². The van der Waals surface area contributed by atoms with Gasteiger partial charge in [0.25, 0.3) is 0 Å². The van der Waals surface area contributed by atoms with Crippen LogP contribution in [0.2, 0.25) is 0 Å². The molecule has 6 nitrogen and oxygen atoms in total. The van der Waals surface area contributed by atoms with Crippen LogP contribution in [0.15, 0.2) is 36.7 Å². The molecule has 3 atom stereocenters. The van der Waals surface area contributed by atoms with Crippen LogP contribution in [-0.4, -0.2) is 41.9 Å². The lowest BCUT2D eigenvalue weighted by Gasteiger charge is -2.26. The summed E-state index contributed by atoms with van der Waals surface area (Å²) in [7, 11) is 0. The second kappa shape index (κ2) is 11.6. The van der Waals surface area contributed by atoms with Gasteiger partial charge in [-0.15, -0.1) is 0 Å². The minimum Gasteiger partial charge on any atom is -0.465 e. The first kappa shape index (κ1) is 22.2. The second-order valence-corrected chi connectivity index (χ2v) is 8.49. The van der Waals surface area contributed by atoms with Gasteiger partial charge in [-0.05, 0) is 88.1 Å². The average Bonchev–Trinajstić information content (AvgIpc) is 2.81. The Morgan fingerprint density at radius 1 is 0.935 bits per heavy atom. The van der Waals surface area contributed by atoms with Crippen LogP contribution < -0.4 is 4.74 Å². The third kappa shape index (κ3) is 6.99. The maximum atomic E-state index is 5.99. The van der Waals surface area contributed by atoms with Crippen molar-refractivity contribution in [3.8, 4) is 17.1 Å². The van der Waals surface area contributed by atoms with Gasteiger partial charge in [0.15, 0.2) is 18.4 Å². The summed E-state index contributed by atoms with van der Waals surface area (Å²) in [4.78, 5) is 9.12. The molecule has 1 aromatic heterocycles. The highest BCUT2D eigenvalue weighted by Crippen LogP contribution is 2.23. The van der Waals surface area contributed by atoms with Gasteiger partial charge in [0, 0.05) is 31.0 Å². The Balaban J connectivity index is 1.21. The molecule has 0 saturated carbocycles. The second-order valence-electron chi connectivity index (χ2n) is 8.49. The summed E-state index contributed by atoms with van der Waals surface area (Å²) in [6.45, 7) is 3.74. The van der Waals surface area contributed by atoms with E-state index in [0.29, 0.717) is 0 Å². The minimum absolute atomic E-state index is 0.0154. The van der Waals surface area contributed by atoms with E-state index in [1.165, 1.54) is 6.42 Å². The monoisotopic (exact) mass is 426 g/mol. The minimum atomic E-state index is -0.126. The molecule has 3 unspecified atom stereocenters.